The van der Waals surface area contributed by atoms with Crippen LogP contribution in [-0.4, -0.2) is 24.5 Å². The number of amides is 1. The smallest absolute Gasteiger partial charge is 0.234 e. The molecular weight excluding hydrogens is 200 g/mol. The van der Waals surface area contributed by atoms with E-state index in [1.54, 1.807) is 0 Å². The van der Waals surface area contributed by atoms with Crippen LogP contribution >= 0.6 is 0 Å². The van der Waals surface area contributed by atoms with Gasteiger partial charge in [0.25, 0.3) is 0 Å². The predicted octanol–water partition coefficient (Wildman–Crippen LogP) is 2.07. The lowest BCUT2D eigenvalue weighted by molar-refractivity contribution is -0.120. The molecule has 0 saturated heterocycles. The summed E-state index contributed by atoms with van der Waals surface area (Å²) in [5, 5.41) is 6.32. The van der Waals surface area contributed by atoms with E-state index < -0.39 is 0 Å². The zero-order valence-corrected chi connectivity index (χ0v) is 10.9. The molecule has 2 N–H and O–H groups in total. The Balaban J connectivity index is 2.26. The molecule has 0 aliphatic heterocycles. The fraction of sp³-hybridized carbons (Fsp3) is 0.923. The van der Waals surface area contributed by atoms with Gasteiger partial charge in [0.15, 0.2) is 0 Å². The van der Waals surface area contributed by atoms with Crippen molar-refractivity contribution in [2.45, 2.75) is 65.0 Å². The molecule has 3 nitrogen and oxygen atoms in total. The van der Waals surface area contributed by atoms with E-state index in [2.05, 4.69) is 17.6 Å². The third-order valence-electron chi connectivity index (χ3n) is 3.34. The fourth-order valence-corrected chi connectivity index (χ4v) is 2.39. The molecule has 0 aromatic rings. The molecule has 0 bridgehead atoms. The average molecular weight is 226 g/mol. The summed E-state index contributed by atoms with van der Waals surface area (Å²) < 4.78 is 0. The fourth-order valence-electron chi connectivity index (χ4n) is 2.39. The van der Waals surface area contributed by atoms with E-state index in [1.165, 1.54) is 32.1 Å². The van der Waals surface area contributed by atoms with Crippen LogP contribution in [-0.2, 0) is 4.79 Å². The van der Waals surface area contributed by atoms with Crippen LogP contribution in [0.1, 0.15) is 52.9 Å². The molecule has 0 aromatic heterocycles. The largest absolute Gasteiger partial charge is 0.353 e. The number of hydrogen-bond donors (Lipinski definition) is 2. The Morgan fingerprint density at radius 1 is 1.25 bits per heavy atom. The van der Waals surface area contributed by atoms with Crippen LogP contribution in [0.3, 0.4) is 0 Å². The van der Waals surface area contributed by atoms with Gasteiger partial charge in [0.05, 0.1) is 6.54 Å². The van der Waals surface area contributed by atoms with Crippen molar-refractivity contribution in [2.75, 3.05) is 6.54 Å². The molecule has 1 fully saturated rings. The van der Waals surface area contributed by atoms with Crippen molar-refractivity contribution < 1.29 is 4.79 Å². The van der Waals surface area contributed by atoms with Gasteiger partial charge in [-0.2, -0.15) is 0 Å². The number of carbonyl (C=O) groups excluding carboxylic acids is 1. The Kier molecular flexibility index (Phi) is 5.81. The molecule has 1 rings (SSSR count). The first-order valence-corrected chi connectivity index (χ1v) is 6.62. The molecule has 0 aromatic carbocycles. The van der Waals surface area contributed by atoms with Gasteiger partial charge in [0.2, 0.25) is 5.91 Å². The Hall–Kier alpha value is -0.570. The summed E-state index contributed by atoms with van der Waals surface area (Å²) in [5.41, 5.74) is 0. The summed E-state index contributed by atoms with van der Waals surface area (Å²) >= 11 is 0. The van der Waals surface area contributed by atoms with Crippen LogP contribution in [0.2, 0.25) is 0 Å². The molecule has 0 radical (unpaired) electrons. The average Bonchev–Trinajstić information content (AvgIpc) is 2.39. The second-order valence-electron chi connectivity index (χ2n) is 5.32. The van der Waals surface area contributed by atoms with Crippen LogP contribution in [0.5, 0.6) is 0 Å². The summed E-state index contributed by atoms with van der Waals surface area (Å²) in [5.74, 6) is 0.820. The number of hydrogen-bond acceptors (Lipinski definition) is 2. The van der Waals surface area contributed by atoms with Gasteiger partial charge in [0.1, 0.15) is 0 Å². The van der Waals surface area contributed by atoms with Gasteiger partial charge >= 0.3 is 0 Å². The zero-order valence-electron chi connectivity index (χ0n) is 10.9. The Bertz CT molecular complexity index is 216. The first-order chi connectivity index (χ1) is 7.59. The molecule has 1 aliphatic rings. The van der Waals surface area contributed by atoms with Crippen molar-refractivity contribution in [1.29, 1.82) is 0 Å². The molecule has 0 heterocycles. The molecule has 1 aliphatic carbocycles. The molecule has 2 unspecified atom stereocenters. The molecule has 3 heteroatoms. The highest BCUT2D eigenvalue weighted by Crippen LogP contribution is 2.22. The second-order valence-corrected chi connectivity index (χ2v) is 5.32. The highest BCUT2D eigenvalue weighted by Gasteiger charge is 2.19. The minimum atomic E-state index is 0.117. The van der Waals surface area contributed by atoms with Crippen molar-refractivity contribution in [1.82, 2.24) is 10.6 Å². The lowest BCUT2D eigenvalue weighted by Crippen LogP contribution is -2.43. The van der Waals surface area contributed by atoms with E-state index in [-0.39, 0.29) is 11.9 Å². The van der Waals surface area contributed by atoms with E-state index >= 15 is 0 Å². The minimum Gasteiger partial charge on any atom is -0.353 e. The summed E-state index contributed by atoms with van der Waals surface area (Å²) in [6.07, 6.45) is 6.51. The van der Waals surface area contributed by atoms with Crippen molar-refractivity contribution in [3.05, 3.63) is 0 Å². The van der Waals surface area contributed by atoms with Crippen molar-refractivity contribution in [3.8, 4) is 0 Å². The van der Waals surface area contributed by atoms with Crippen molar-refractivity contribution in [3.63, 3.8) is 0 Å². The zero-order chi connectivity index (χ0) is 12.0. The minimum absolute atomic E-state index is 0.117. The molecule has 16 heavy (non-hydrogen) atoms. The van der Waals surface area contributed by atoms with Crippen molar-refractivity contribution in [2.24, 2.45) is 5.92 Å². The van der Waals surface area contributed by atoms with Gasteiger partial charge < -0.3 is 10.6 Å². The number of carbonyl (C=O) groups is 1. The first kappa shape index (κ1) is 13.5. The van der Waals surface area contributed by atoms with Gasteiger partial charge in [-0.05, 0) is 32.6 Å². The van der Waals surface area contributed by atoms with Gasteiger partial charge in [-0.3, -0.25) is 4.79 Å². The topological polar surface area (TPSA) is 41.1 Å². The van der Waals surface area contributed by atoms with E-state index in [0.29, 0.717) is 18.5 Å². The quantitative estimate of drug-likeness (QED) is 0.721. The summed E-state index contributed by atoms with van der Waals surface area (Å²) in [4.78, 5) is 11.5. The number of nitrogens with one attached hydrogen (secondary N) is 2. The summed E-state index contributed by atoms with van der Waals surface area (Å²) in [6.45, 7) is 6.74. The Morgan fingerprint density at radius 3 is 2.62 bits per heavy atom. The lowest BCUT2D eigenvalue weighted by Gasteiger charge is -2.22. The van der Waals surface area contributed by atoms with Gasteiger partial charge in [0, 0.05) is 12.1 Å². The second kappa shape index (κ2) is 6.89. The first-order valence-electron chi connectivity index (χ1n) is 6.62. The van der Waals surface area contributed by atoms with Crippen molar-refractivity contribution >= 4 is 5.91 Å². The van der Waals surface area contributed by atoms with Crippen LogP contribution in [0.4, 0.5) is 0 Å². The monoisotopic (exact) mass is 226 g/mol. The predicted molar refractivity (Wildman–Crippen MR) is 67.3 cm³/mol. The summed E-state index contributed by atoms with van der Waals surface area (Å²) in [7, 11) is 0. The maximum absolute atomic E-state index is 11.5. The Labute approximate surface area is 99.4 Å². The maximum Gasteiger partial charge on any atom is 0.234 e. The highest BCUT2D eigenvalue weighted by atomic mass is 16.1. The highest BCUT2D eigenvalue weighted by molar-refractivity contribution is 5.78. The van der Waals surface area contributed by atoms with Gasteiger partial charge in [-0.15, -0.1) is 0 Å². The van der Waals surface area contributed by atoms with Crippen LogP contribution in [0.25, 0.3) is 0 Å². The molecule has 2 atom stereocenters. The number of rotatable bonds is 4. The standard InChI is InChI=1S/C13H26N2O/c1-10(2)15-13(16)9-14-12-8-6-4-5-7-11(12)3/h10-12,14H,4-9H2,1-3H3,(H,15,16). The molecule has 1 saturated carbocycles. The van der Waals surface area contributed by atoms with Gasteiger partial charge in [-0.1, -0.05) is 26.2 Å². The van der Waals surface area contributed by atoms with Gasteiger partial charge in [-0.25, -0.2) is 0 Å². The maximum atomic E-state index is 11.5. The molecule has 0 spiro atoms. The van der Waals surface area contributed by atoms with Crippen LogP contribution < -0.4 is 10.6 Å². The SMILES string of the molecule is CC(C)NC(=O)CNC1CCCCCC1C. The molecular formula is C13H26N2O. The van der Waals surface area contributed by atoms with Crippen LogP contribution in [0, 0.1) is 5.92 Å². The normalized spacial score (nSPS) is 26.5. The Morgan fingerprint density at radius 2 is 1.94 bits per heavy atom. The van der Waals surface area contributed by atoms with E-state index in [9.17, 15) is 4.79 Å². The summed E-state index contributed by atoms with van der Waals surface area (Å²) in [6, 6.07) is 0.765. The molecule has 94 valence electrons. The van der Waals surface area contributed by atoms with E-state index in [0.717, 1.165) is 0 Å². The third kappa shape index (κ3) is 4.97. The van der Waals surface area contributed by atoms with E-state index in [4.69, 9.17) is 0 Å². The van der Waals surface area contributed by atoms with Crippen LogP contribution in [0.15, 0.2) is 0 Å². The third-order valence-corrected chi connectivity index (χ3v) is 3.34. The molecule has 1 amide bonds. The lowest BCUT2D eigenvalue weighted by atomic mass is 9.97. The van der Waals surface area contributed by atoms with E-state index in [1.807, 2.05) is 13.8 Å².